The van der Waals surface area contributed by atoms with Gasteiger partial charge in [0.1, 0.15) is 17.5 Å². The first-order chi connectivity index (χ1) is 12.4. The van der Waals surface area contributed by atoms with Crippen LogP contribution in [0.5, 0.6) is 11.5 Å². The zero-order valence-corrected chi connectivity index (χ0v) is 14.2. The van der Waals surface area contributed by atoms with Gasteiger partial charge in [0.05, 0.1) is 5.92 Å². The lowest BCUT2D eigenvalue weighted by molar-refractivity contribution is -0.144. The van der Waals surface area contributed by atoms with Gasteiger partial charge in [-0.15, -0.1) is 0 Å². The van der Waals surface area contributed by atoms with E-state index in [9.17, 15) is 19.5 Å². The number of hydrogen-bond donors (Lipinski definition) is 2. The van der Waals surface area contributed by atoms with E-state index in [4.69, 9.17) is 22.1 Å². The normalized spacial score (nSPS) is 19.4. The first-order valence-electron chi connectivity index (χ1n) is 7.75. The van der Waals surface area contributed by atoms with Crippen LogP contribution >= 0.6 is 11.6 Å². The van der Waals surface area contributed by atoms with E-state index >= 15 is 0 Å². The van der Waals surface area contributed by atoms with Crippen molar-refractivity contribution in [3.05, 3.63) is 59.1 Å². The molecule has 2 aromatic rings. The minimum atomic E-state index is -1.27. The summed E-state index contributed by atoms with van der Waals surface area (Å²) < 4.78 is 5.73. The molecule has 2 atom stereocenters. The standard InChI is InChI=1S/C18H15ClN2O5/c19-11-4-6-12(7-5-11)26-13-3-1-2-10(8-13)14-9-15(17(23)24)21(16(14)22)18(20)25/h1-8,14-15H,9H2,(H2,20,25)(H,23,24)/t14-,15+/m0/s1. The average Bonchev–Trinajstić information content (AvgIpc) is 2.95. The number of nitrogens with two attached hydrogens (primary N) is 1. The Labute approximate surface area is 153 Å². The van der Waals surface area contributed by atoms with Crippen LogP contribution in [0.25, 0.3) is 0 Å². The number of carbonyl (C=O) groups excluding carboxylic acids is 2. The number of primary amides is 1. The number of benzene rings is 2. The molecule has 1 heterocycles. The maximum atomic E-state index is 12.5. The topological polar surface area (TPSA) is 110 Å². The second kappa shape index (κ2) is 7.05. The highest BCUT2D eigenvalue weighted by Crippen LogP contribution is 2.35. The van der Waals surface area contributed by atoms with Gasteiger partial charge in [-0.1, -0.05) is 23.7 Å². The molecular formula is C18H15ClN2O5. The fourth-order valence-electron chi connectivity index (χ4n) is 2.94. The first-order valence-corrected chi connectivity index (χ1v) is 8.13. The molecule has 3 amide bonds. The third-order valence-electron chi connectivity index (χ3n) is 4.14. The van der Waals surface area contributed by atoms with Crippen LogP contribution in [0.15, 0.2) is 48.5 Å². The summed E-state index contributed by atoms with van der Waals surface area (Å²) in [7, 11) is 0. The number of likely N-dealkylation sites (tertiary alicyclic amines) is 1. The summed E-state index contributed by atoms with van der Waals surface area (Å²) in [5.41, 5.74) is 5.72. The number of rotatable bonds is 4. The lowest BCUT2D eigenvalue weighted by atomic mass is 9.95. The van der Waals surface area contributed by atoms with Gasteiger partial charge in [0.15, 0.2) is 0 Å². The van der Waals surface area contributed by atoms with Crippen LogP contribution in [0.4, 0.5) is 4.79 Å². The summed E-state index contributed by atoms with van der Waals surface area (Å²) in [6, 6.07) is 11.1. The van der Waals surface area contributed by atoms with Crippen LogP contribution in [0.3, 0.4) is 0 Å². The number of carboxylic acids is 1. The number of carboxylic acid groups (broad SMARTS) is 1. The number of aliphatic carboxylic acids is 1. The van der Waals surface area contributed by atoms with Crippen molar-refractivity contribution in [2.75, 3.05) is 0 Å². The van der Waals surface area contributed by atoms with Crippen LogP contribution in [-0.4, -0.2) is 34.0 Å². The third-order valence-corrected chi connectivity index (χ3v) is 4.39. The molecule has 1 fully saturated rings. The fraction of sp³-hybridized carbons (Fsp3) is 0.167. The molecule has 134 valence electrons. The highest BCUT2D eigenvalue weighted by molar-refractivity contribution is 6.30. The van der Waals surface area contributed by atoms with E-state index in [1.54, 1.807) is 48.5 Å². The van der Waals surface area contributed by atoms with E-state index in [0.29, 0.717) is 27.0 Å². The molecule has 7 nitrogen and oxygen atoms in total. The van der Waals surface area contributed by atoms with E-state index in [-0.39, 0.29) is 6.42 Å². The molecule has 26 heavy (non-hydrogen) atoms. The van der Waals surface area contributed by atoms with Crippen LogP contribution in [0.1, 0.15) is 17.9 Å². The number of amides is 3. The predicted molar refractivity (Wildman–Crippen MR) is 93.2 cm³/mol. The number of halogens is 1. The van der Waals surface area contributed by atoms with E-state index in [1.165, 1.54) is 0 Å². The minimum Gasteiger partial charge on any atom is -0.480 e. The molecule has 3 rings (SSSR count). The van der Waals surface area contributed by atoms with E-state index in [1.807, 2.05) is 0 Å². The number of nitrogens with zero attached hydrogens (tertiary/aromatic N) is 1. The molecule has 0 unspecified atom stereocenters. The highest BCUT2D eigenvalue weighted by atomic mass is 35.5. The highest BCUT2D eigenvalue weighted by Gasteiger charge is 2.46. The molecule has 3 N–H and O–H groups in total. The molecule has 8 heteroatoms. The minimum absolute atomic E-state index is 0.0402. The number of urea groups is 1. The van der Waals surface area contributed by atoms with Crippen LogP contribution in [-0.2, 0) is 9.59 Å². The van der Waals surface area contributed by atoms with Gasteiger partial charge in [-0.2, -0.15) is 0 Å². The second-order valence-electron chi connectivity index (χ2n) is 5.82. The van der Waals surface area contributed by atoms with Gasteiger partial charge in [-0.05, 0) is 48.4 Å². The Morgan fingerprint density at radius 2 is 1.85 bits per heavy atom. The summed E-state index contributed by atoms with van der Waals surface area (Å²) in [6.07, 6.45) is -0.0402. The van der Waals surface area contributed by atoms with Gasteiger partial charge < -0.3 is 15.6 Å². The van der Waals surface area contributed by atoms with Crippen LogP contribution in [0, 0.1) is 0 Å². The third kappa shape index (κ3) is 3.48. The predicted octanol–water partition coefficient (Wildman–Crippen LogP) is 2.98. The van der Waals surface area contributed by atoms with E-state index in [2.05, 4.69) is 0 Å². The second-order valence-corrected chi connectivity index (χ2v) is 6.25. The largest absolute Gasteiger partial charge is 0.480 e. The molecule has 2 aromatic carbocycles. The molecule has 1 saturated heterocycles. The first kappa shape index (κ1) is 17.8. The zero-order chi connectivity index (χ0) is 18.8. The smallest absolute Gasteiger partial charge is 0.327 e. The Kier molecular flexibility index (Phi) is 4.81. The molecule has 0 bridgehead atoms. The Bertz CT molecular complexity index is 868. The summed E-state index contributed by atoms with van der Waals surface area (Å²) >= 11 is 5.84. The molecule has 0 radical (unpaired) electrons. The summed E-state index contributed by atoms with van der Waals surface area (Å²) in [5.74, 6) is -1.65. The molecule has 0 spiro atoms. The van der Waals surface area contributed by atoms with Crippen molar-refractivity contribution < 1.29 is 24.2 Å². The van der Waals surface area contributed by atoms with Crippen molar-refractivity contribution in [3.63, 3.8) is 0 Å². The zero-order valence-electron chi connectivity index (χ0n) is 13.5. The number of carbonyl (C=O) groups is 3. The molecule has 0 saturated carbocycles. The van der Waals surface area contributed by atoms with Crippen LogP contribution < -0.4 is 10.5 Å². The van der Waals surface area contributed by atoms with Crippen molar-refractivity contribution in [3.8, 4) is 11.5 Å². The monoisotopic (exact) mass is 374 g/mol. The van der Waals surface area contributed by atoms with Gasteiger partial charge in [-0.25, -0.2) is 14.5 Å². The Morgan fingerprint density at radius 1 is 1.15 bits per heavy atom. The molecule has 1 aliphatic heterocycles. The van der Waals surface area contributed by atoms with Crippen LogP contribution in [0.2, 0.25) is 5.02 Å². The Morgan fingerprint density at radius 3 is 2.42 bits per heavy atom. The SMILES string of the molecule is NC(=O)N1C(=O)[C@H](c2cccc(Oc3ccc(Cl)cc3)c2)C[C@@H]1C(=O)O. The molecule has 0 aromatic heterocycles. The van der Waals surface area contributed by atoms with Gasteiger partial charge in [0, 0.05) is 5.02 Å². The molecular weight excluding hydrogens is 360 g/mol. The Hall–Kier alpha value is -3.06. The maximum Gasteiger partial charge on any atom is 0.327 e. The van der Waals surface area contributed by atoms with Crippen molar-refractivity contribution in [2.24, 2.45) is 5.73 Å². The molecule has 1 aliphatic rings. The van der Waals surface area contributed by atoms with Gasteiger partial charge in [-0.3, -0.25) is 4.79 Å². The number of ether oxygens (including phenoxy) is 1. The summed E-state index contributed by atoms with van der Waals surface area (Å²) in [5, 5.41) is 9.83. The lowest BCUT2D eigenvalue weighted by Gasteiger charge is -2.16. The van der Waals surface area contributed by atoms with E-state index in [0.717, 1.165) is 0 Å². The quantitative estimate of drug-likeness (QED) is 0.854. The van der Waals surface area contributed by atoms with Gasteiger partial charge in [0.2, 0.25) is 5.91 Å². The van der Waals surface area contributed by atoms with E-state index < -0.39 is 29.9 Å². The lowest BCUT2D eigenvalue weighted by Crippen LogP contribution is -2.46. The number of hydrogen-bond acceptors (Lipinski definition) is 4. The molecule has 0 aliphatic carbocycles. The van der Waals surface area contributed by atoms with Gasteiger partial charge in [0.25, 0.3) is 0 Å². The van der Waals surface area contributed by atoms with Crippen molar-refractivity contribution in [1.82, 2.24) is 4.90 Å². The maximum absolute atomic E-state index is 12.5. The fourth-order valence-corrected chi connectivity index (χ4v) is 3.06. The average molecular weight is 375 g/mol. The van der Waals surface area contributed by atoms with Crippen molar-refractivity contribution in [1.29, 1.82) is 0 Å². The van der Waals surface area contributed by atoms with Crippen molar-refractivity contribution in [2.45, 2.75) is 18.4 Å². The Balaban J connectivity index is 1.85. The number of imide groups is 1. The summed E-state index contributed by atoms with van der Waals surface area (Å²) in [4.78, 5) is 35.9. The van der Waals surface area contributed by atoms with Crippen molar-refractivity contribution >= 4 is 29.5 Å². The van der Waals surface area contributed by atoms with Gasteiger partial charge >= 0.3 is 12.0 Å². The summed E-state index contributed by atoms with van der Waals surface area (Å²) in [6.45, 7) is 0.